The Morgan fingerprint density at radius 2 is 1.84 bits per heavy atom. The van der Waals surface area contributed by atoms with Crippen LogP contribution in [0.25, 0.3) is 22.5 Å². The summed E-state index contributed by atoms with van der Waals surface area (Å²) in [6.45, 7) is 7.85. The number of anilines is 3. The summed E-state index contributed by atoms with van der Waals surface area (Å²) in [5.74, 6) is 0.908. The van der Waals surface area contributed by atoms with Crippen LogP contribution in [0.1, 0.15) is 30.7 Å². The van der Waals surface area contributed by atoms with Gasteiger partial charge in [0.25, 0.3) is 11.1 Å². The lowest BCUT2D eigenvalue weighted by atomic mass is 9.90. The van der Waals surface area contributed by atoms with Gasteiger partial charge in [0, 0.05) is 74.8 Å². The van der Waals surface area contributed by atoms with Gasteiger partial charge in [0.1, 0.15) is 22.8 Å². The van der Waals surface area contributed by atoms with Gasteiger partial charge < -0.3 is 29.6 Å². The molecule has 0 aromatic carbocycles. The summed E-state index contributed by atoms with van der Waals surface area (Å²) in [6.07, 6.45) is 10.6. The zero-order valence-electron chi connectivity index (χ0n) is 25.2. The van der Waals surface area contributed by atoms with E-state index in [1.54, 1.807) is 37.8 Å². The molecule has 0 spiro atoms. The molecule has 0 radical (unpaired) electrons. The predicted octanol–water partition coefficient (Wildman–Crippen LogP) is 3.02. The van der Waals surface area contributed by atoms with E-state index in [1.165, 1.54) is 20.4 Å². The summed E-state index contributed by atoms with van der Waals surface area (Å²) < 4.78 is 4.98. The Morgan fingerprint density at radius 3 is 2.59 bits per heavy atom. The summed E-state index contributed by atoms with van der Waals surface area (Å²) in [6, 6.07) is 9.40. The molecule has 7 rings (SSSR count). The maximum atomic E-state index is 13.7. The number of fused-ring (bicyclic) bond motifs is 3. The number of hydrogen-bond donors (Lipinski definition) is 3. The van der Waals surface area contributed by atoms with Gasteiger partial charge in [-0.3, -0.25) is 14.2 Å². The van der Waals surface area contributed by atoms with Gasteiger partial charge in [-0.05, 0) is 59.7 Å². The molecular formula is C33H36N8O3. The summed E-state index contributed by atoms with van der Waals surface area (Å²) in [4.78, 5) is 38.2. The minimum Gasteiger partial charge on any atom is -0.392 e. The lowest BCUT2D eigenvalue weighted by Crippen LogP contribution is -2.43. The van der Waals surface area contributed by atoms with Crippen molar-refractivity contribution in [2.45, 2.75) is 33.3 Å². The van der Waals surface area contributed by atoms with E-state index in [-0.39, 0.29) is 23.1 Å². The number of aliphatic hydroxyl groups is 1. The second-order valence-corrected chi connectivity index (χ2v) is 12.5. The number of aliphatic hydroxyl groups excluding tert-OH is 1. The smallest absolute Gasteiger partial charge is 0.280 e. The molecule has 11 nitrogen and oxygen atoms in total. The fourth-order valence-corrected chi connectivity index (χ4v) is 6.60. The quantitative estimate of drug-likeness (QED) is 0.275. The number of nitrogens with one attached hydrogen (secondary N) is 2. The Morgan fingerprint density at radius 1 is 1.02 bits per heavy atom. The van der Waals surface area contributed by atoms with Crippen LogP contribution in [0.5, 0.6) is 0 Å². The molecular weight excluding hydrogens is 556 g/mol. The van der Waals surface area contributed by atoms with E-state index in [2.05, 4.69) is 39.3 Å². The molecule has 1 fully saturated rings. The molecule has 5 aromatic rings. The van der Waals surface area contributed by atoms with Crippen LogP contribution in [0.15, 0.2) is 70.9 Å². The minimum absolute atomic E-state index is 0.175. The van der Waals surface area contributed by atoms with Crippen molar-refractivity contribution in [2.24, 2.45) is 12.5 Å². The Kier molecular flexibility index (Phi) is 6.86. The second-order valence-electron chi connectivity index (χ2n) is 12.5. The molecule has 11 heteroatoms. The van der Waals surface area contributed by atoms with Gasteiger partial charge in [0.15, 0.2) is 0 Å². The van der Waals surface area contributed by atoms with E-state index in [0.29, 0.717) is 39.5 Å². The highest BCUT2D eigenvalue weighted by Gasteiger charge is 2.32. The molecule has 0 saturated carbocycles. The third-order valence-corrected chi connectivity index (χ3v) is 8.76. The lowest BCUT2D eigenvalue weighted by molar-refractivity contribution is 0.281. The highest BCUT2D eigenvalue weighted by Crippen LogP contribution is 2.37. The molecule has 6 heterocycles. The summed E-state index contributed by atoms with van der Waals surface area (Å²) in [5.41, 5.74) is 5.97. The number of hydrogen-bond acceptors (Lipinski definition) is 8. The summed E-state index contributed by atoms with van der Waals surface area (Å²) >= 11 is 0. The number of nitrogens with zero attached hydrogens (tertiary/aromatic N) is 6. The van der Waals surface area contributed by atoms with Crippen LogP contribution < -0.4 is 26.7 Å². The van der Waals surface area contributed by atoms with Gasteiger partial charge in [-0.2, -0.15) is 0 Å². The third kappa shape index (κ3) is 4.87. The standard InChI is InChI=1S/C33H36N8O3/c1-33(2)16-21-15-27-32(44)41(13-12-40(27)28(21)17-33)30-25(20-42)24(6-7-35-30)22-14-26(31(43)38(3)19-22)37-29-5-4-23(18-36-29)39-10-8-34-9-11-39/h4-7,12-15,18-19,34,42H,8-11,16-17,20H2,1-3H3,(H,36,37). The Labute approximate surface area is 254 Å². The fourth-order valence-electron chi connectivity index (χ4n) is 6.60. The van der Waals surface area contributed by atoms with Crippen molar-refractivity contribution >= 4 is 22.7 Å². The Hall–Kier alpha value is -4.74. The van der Waals surface area contributed by atoms with Crippen molar-refractivity contribution in [3.8, 4) is 16.9 Å². The van der Waals surface area contributed by atoms with Crippen LogP contribution in [0.4, 0.5) is 17.2 Å². The Bertz CT molecular complexity index is 2000. The normalized spacial score (nSPS) is 16.0. The number of aryl methyl sites for hydroxylation is 1. The monoisotopic (exact) mass is 592 g/mol. The molecule has 0 unspecified atom stereocenters. The molecule has 2 aliphatic rings. The third-order valence-electron chi connectivity index (χ3n) is 8.76. The van der Waals surface area contributed by atoms with E-state index < -0.39 is 0 Å². The average molecular weight is 593 g/mol. The van der Waals surface area contributed by atoms with Gasteiger partial charge in [0.05, 0.1) is 18.5 Å². The number of rotatable bonds is 6. The molecule has 1 saturated heterocycles. The van der Waals surface area contributed by atoms with Crippen molar-refractivity contribution in [3.05, 3.63) is 98.8 Å². The molecule has 226 valence electrons. The maximum Gasteiger partial charge on any atom is 0.280 e. The average Bonchev–Trinajstić information content (AvgIpc) is 3.52. The highest BCUT2D eigenvalue weighted by molar-refractivity contribution is 5.73. The number of piperazine rings is 1. The van der Waals surface area contributed by atoms with Crippen LogP contribution in [-0.2, 0) is 26.5 Å². The summed E-state index contributed by atoms with van der Waals surface area (Å²) in [7, 11) is 1.68. The Balaban J connectivity index is 1.24. The summed E-state index contributed by atoms with van der Waals surface area (Å²) in [5, 5.41) is 17.1. The van der Waals surface area contributed by atoms with Gasteiger partial charge in [-0.25, -0.2) is 9.97 Å². The van der Waals surface area contributed by atoms with E-state index in [0.717, 1.165) is 44.7 Å². The van der Waals surface area contributed by atoms with Crippen molar-refractivity contribution in [3.63, 3.8) is 0 Å². The van der Waals surface area contributed by atoms with Gasteiger partial charge >= 0.3 is 0 Å². The zero-order valence-corrected chi connectivity index (χ0v) is 25.2. The van der Waals surface area contributed by atoms with Crippen LogP contribution in [0, 0.1) is 5.41 Å². The zero-order chi connectivity index (χ0) is 30.6. The van der Waals surface area contributed by atoms with Crippen molar-refractivity contribution in [1.29, 1.82) is 0 Å². The minimum atomic E-state index is -0.345. The first kappa shape index (κ1) is 28.1. The fraction of sp³-hybridized carbons (Fsp3) is 0.333. The van der Waals surface area contributed by atoms with Gasteiger partial charge in [0.2, 0.25) is 0 Å². The van der Waals surface area contributed by atoms with Crippen molar-refractivity contribution in [2.75, 3.05) is 36.4 Å². The first-order valence-electron chi connectivity index (χ1n) is 15.0. The lowest BCUT2D eigenvalue weighted by Gasteiger charge is -2.29. The molecule has 1 aliphatic heterocycles. The predicted molar refractivity (Wildman–Crippen MR) is 171 cm³/mol. The van der Waals surface area contributed by atoms with E-state index in [1.807, 2.05) is 35.0 Å². The number of aromatic nitrogens is 5. The molecule has 0 amide bonds. The second kappa shape index (κ2) is 10.8. The molecule has 1 aliphatic carbocycles. The van der Waals surface area contributed by atoms with Crippen LogP contribution >= 0.6 is 0 Å². The van der Waals surface area contributed by atoms with Crippen molar-refractivity contribution < 1.29 is 5.11 Å². The molecule has 0 atom stereocenters. The molecule has 5 aromatic heterocycles. The van der Waals surface area contributed by atoms with Crippen LogP contribution in [0.2, 0.25) is 0 Å². The molecule has 3 N–H and O–H groups in total. The first-order chi connectivity index (χ1) is 21.2. The molecule has 44 heavy (non-hydrogen) atoms. The number of pyridine rings is 3. The topological polar surface area (TPSA) is 122 Å². The van der Waals surface area contributed by atoms with Gasteiger partial charge in [-0.1, -0.05) is 13.8 Å². The van der Waals surface area contributed by atoms with E-state index in [9.17, 15) is 14.7 Å². The van der Waals surface area contributed by atoms with Crippen molar-refractivity contribution in [1.82, 2.24) is 28.8 Å². The first-order valence-corrected chi connectivity index (χ1v) is 15.0. The van der Waals surface area contributed by atoms with E-state index >= 15 is 0 Å². The molecule has 0 bridgehead atoms. The maximum absolute atomic E-state index is 13.7. The SMILES string of the molecule is Cn1cc(-c2ccnc(-n3ccn4c5c(cc4c3=O)CC(C)(C)C5)c2CO)cc(Nc2ccc(N3CCNCC3)cn2)c1=O. The largest absolute Gasteiger partial charge is 0.392 e. The van der Waals surface area contributed by atoms with Crippen LogP contribution in [0.3, 0.4) is 0 Å². The van der Waals surface area contributed by atoms with Gasteiger partial charge in [-0.15, -0.1) is 0 Å². The highest BCUT2D eigenvalue weighted by atomic mass is 16.3. The van der Waals surface area contributed by atoms with E-state index in [4.69, 9.17) is 0 Å². The van der Waals surface area contributed by atoms with Crippen LogP contribution in [-0.4, -0.2) is 54.8 Å².